The van der Waals surface area contributed by atoms with E-state index in [2.05, 4.69) is 47.1 Å². The molecule has 3 heteroatoms. The molecule has 22 heavy (non-hydrogen) atoms. The van der Waals surface area contributed by atoms with Crippen molar-refractivity contribution < 1.29 is 4.79 Å². The third-order valence-electron chi connectivity index (χ3n) is 4.50. The number of carbonyl (C=O) groups is 1. The largest absolute Gasteiger partial charge is 0.340 e. The molecule has 1 aliphatic heterocycles. The van der Waals surface area contributed by atoms with Crippen molar-refractivity contribution in [3.63, 3.8) is 0 Å². The Hall–Kier alpha value is -1.35. The average molecular weight is 302 g/mol. The molecule has 1 amide bonds. The molecular weight excluding hydrogens is 272 g/mol. The Morgan fingerprint density at radius 2 is 1.73 bits per heavy atom. The summed E-state index contributed by atoms with van der Waals surface area (Å²) in [5.41, 5.74) is 1.42. The number of hydrogen-bond donors (Lipinski definition) is 0. The molecule has 0 bridgehead atoms. The molecule has 0 saturated carbocycles. The molecular formula is C19H30N2O. The maximum Gasteiger partial charge on any atom is 0.222 e. The van der Waals surface area contributed by atoms with E-state index in [0.717, 1.165) is 52.0 Å². The fourth-order valence-corrected chi connectivity index (χ4v) is 3.06. The van der Waals surface area contributed by atoms with Gasteiger partial charge in [0.15, 0.2) is 0 Å². The van der Waals surface area contributed by atoms with Gasteiger partial charge in [-0.05, 0) is 31.4 Å². The minimum Gasteiger partial charge on any atom is -0.340 e. The van der Waals surface area contributed by atoms with Gasteiger partial charge < -0.3 is 4.90 Å². The van der Waals surface area contributed by atoms with Crippen LogP contribution in [-0.4, -0.2) is 48.4 Å². The van der Waals surface area contributed by atoms with Gasteiger partial charge in [0.05, 0.1) is 0 Å². The number of piperazine rings is 1. The van der Waals surface area contributed by atoms with Crippen molar-refractivity contribution >= 4 is 5.91 Å². The highest BCUT2D eigenvalue weighted by molar-refractivity contribution is 5.76. The van der Waals surface area contributed by atoms with Crippen molar-refractivity contribution in [1.82, 2.24) is 9.80 Å². The predicted molar refractivity (Wildman–Crippen MR) is 91.9 cm³/mol. The minimum atomic E-state index is 0.359. The second-order valence-electron chi connectivity index (χ2n) is 6.27. The number of unbranched alkanes of at least 4 members (excludes halogenated alkanes) is 2. The molecule has 1 aromatic carbocycles. The fraction of sp³-hybridized carbons (Fsp3) is 0.632. The monoisotopic (exact) mass is 302 g/mol. The van der Waals surface area contributed by atoms with E-state index in [1.165, 1.54) is 24.8 Å². The molecule has 0 aliphatic carbocycles. The van der Waals surface area contributed by atoms with Gasteiger partial charge in [-0.3, -0.25) is 9.69 Å². The van der Waals surface area contributed by atoms with Crippen LogP contribution in [0.4, 0.5) is 0 Å². The summed E-state index contributed by atoms with van der Waals surface area (Å²) in [6.45, 7) is 7.22. The lowest BCUT2D eigenvalue weighted by Crippen LogP contribution is -2.48. The van der Waals surface area contributed by atoms with E-state index >= 15 is 0 Å². The summed E-state index contributed by atoms with van der Waals surface area (Å²) in [7, 11) is 0. The zero-order valence-corrected chi connectivity index (χ0v) is 14.0. The molecule has 122 valence electrons. The molecule has 0 spiro atoms. The minimum absolute atomic E-state index is 0.359. The Kier molecular flexibility index (Phi) is 7.44. The maximum atomic E-state index is 12.1. The first-order valence-electron chi connectivity index (χ1n) is 8.83. The summed E-state index contributed by atoms with van der Waals surface area (Å²) >= 11 is 0. The molecule has 1 aliphatic rings. The van der Waals surface area contributed by atoms with Crippen LogP contribution in [0.3, 0.4) is 0 Å². The summed E-state index contributed by atoms with van der Waals surface area (Å²) in [5.74, 6) is 0.359. The van der Waals surface area contributed by atoms with Crippen LogP contribution < -0.4 is 0 Å². The highest BCUT2D eigenvalue weighted by atomic mass is 16.2. The molecule has 0 atom stereocenters. The van der Waals surface area contributed by atoms with Gasteiger partial charge in [-0.1, -0.05) is 50.1 Å². The van der Waals surface area contributed by atoms with Gasteiger partial charge in [0, 0.05) is 32.6 Å². The van der Waals surface area contributed by atoms with E-state index in [0.29, 0.717) is 5.91 Å². The van der Waals surface area contributed by atoms with Crippen LogP contribution >= 0.6 is 0 Å². The Morgan fingerprint density at radius 3 is 2.41 bits per heavy atom. The first-order valence-corrected chi connectivity index (χ1v) is 8.83. The van der Waals surface area contributed by atoms with Gasteiger partial charge in [-0.25, -0.2) is 0 Å². The standard InChI is InChI=1S/C19H30N2O/c1-2-3-5-12-19(22)21-16-14-20(15-17-21)13-8-11-18-9-6-4-7-10-18/h4,6-7,9-10H,2-3,5,8,11-17H2,1H3. The average Bonchev–Trinajstić information content (AvgIpc) is 2.56. The molecule has 2 rings (SSSR count). The SMILES string of the molecule is CCCCCC(=O)N1CCN(CCCc2ccccc2)CC1. The maximum absolute atomic E-state index is 12.1. The van der Waals surface area contributed by atoms with Crippen LogP contribution in [0.1, 0.15) is 44.6 Å². The van der Waals surface area contributed by atoms with Crippen LogP contribution in [-0.2, 0) is 11.2 Å². The van der Waals surface area contributed by atoms with E-state index in [9.17, 15) is 4.79 Å². The van der Waals surface area contributed by atoms with Crippen molar-refractivity contribution in [2.75, 3.05) is 32.7 Å². The van der Waals surface area contributed by atoms with Crippen LogP contribution in [0, 0.1) is 0 Å². The van der Waals surface area contributed by atoms with Crippen molar-refractivity contribution in [2.24, 2.45) is 0 Å². The number of hydrogen-bond acceptors (Lipinski definition) is 2. The molecule has 1 aromatic rings. The number of carbonyl (C=O) groups excluding carboxylic acids is 1. The smallest absolute Gasteiger partial charge is 0.222 e. The topological polar surface area (TPSA) is 23.6 Å². The quantitative estimate of drug-likeness (QED) is 0.688. The molecule has 1 saturated heterocycles. The second-order valence-corrected chi connectivity index (χ2v) is 6.27. The van der Waals surface area contributed by atoms with Gasteiger partial charge in [0.25, 0.3) is 0 Å². The Labute approximate surface area is 135 Å². The molecule has 0 aromatic heterocycles. The van der Waals surface area contributed by atoms with Crippen molar-refractivity contribution in [1.29, 1.82) is 0 Å². The van der Waals surface area contributed by atoms with Crippen molar-refractivity contribution in [3.05, 3.63) is 35.9 Å². The summed E-state index contributed by atoms with van der Waals surface area (Å²) in [4.78, 5) is 16.6. The van der Waals surface area contributed by atoms with E-state index in [-0.39, 0.29) is 0 Å². The molecule has 0 N–H and O–H groups in total. The van der Waals surface area contributed by atoms with Crippen molar-refractivity contribution in [2.45, 2.75) is 45.4 Å². The van der Waals surface area contributed by atoms with Crippen LogP contribution in [0.2, 0.25) is 0 Å². The predicted octanol–water partition coefficient (Wildman–Crippen LogP) is 3.34. The Balaban J connectivity index is 1.59. The lowest BCUT2D eigenvalue weighted by Gasteiger charge is -2.34. The summed E-state index contributed by atoms with van der Waals surface area (Å²) in [6, 6.07) is 10.7. The molecule has 3 nitrogen and oxygen atoms in total. The van der Waals surface area contributed by atoms with Crippen LogP contribution in [0.15, 0.2) is 30.3 Å². The number of benzene rings is 1. The fourth-order valence-electron chi connectivity index (χ4n) is 3.06. The second kappa shape index (κ2) is 9.62. The van der Waals surface area contributed by atoms with Gasteiger partial charge in [0.1, 0.15) is 0 Å². The van der Waals surface area contributed by atoms with Gasteiger partial charge in [-0.2, -0.15) is 0 Å². The summed E-state index contributed by atoms with van der Waals surface area (Å²) in [5, 5.41) is 0. The first kappa shape index (κ1) is 17.0. The lowest BCUT2D eigenvalue weighted by atomic mass is 10.1. The Bertz CT molecular complexity index is 424. The third-order valence-corrected chi connectivity index (χ3v) is 4.50. The number of aryl methyl sites for hydroxylation is 1. The van der Waals surface area contributed by atoms with Crippen molar-refractivity contribution in [3.8, 4) is 0 Å². The van der Waals surface area contributed by atoms with Gasteiger partial charge in [0.2, 0.25) is 5.91 Å². The third kappa shape index (κ3) is 5.80. The normalized spacial score (nSPS) is 16.0. The van der Waals surface area contributed by atoms with E-state index in [1.807, 2.05) is 0 Å². The highest BCUT2D eigenvalue weighted by Crippen LogP contribution is 2.09. The summed E-state index contributed by atoms with van der Waals surface area (Å²) < 4.78 is 0. The lowest BCUT2D eigenvalue weighted by molar-refractivity contribution is -0.133. The number of rotatable bonds is 8. The van der Waals surface area contributed by atoms with E-state index in [1.54, 1.807) is 0 Å². The molecule has 0 radical (unpaired) electrons. The number of nitrogens with zero attached hydrogens (tertiary/aromatic N) is 2. The number of amides is 1. The van der Waals surface area contributed by atoms with Crippen LogP contribution in [0.5, 0.6) is 0 Å². The zero-order valence-electron chi connectivity index (χ0n) is 14.0. The van der Waals surface area contributed by atoms with E-state index in [4.69, 9.17) is 0 Å². The zero-order chi connectivity index (χ0) is 15.6. The van der Waals surface area contributed by atoms with Gasteiger partial charge in [-0.15, -0.1) is 0 Å². The summed E-state index contributed by atoms with van der Waals surface area (Å²) in [6.07, 6.45) is 6.49. The van der Waals surface area contributed by atoms with E-state index < -0.39 is 0 Å². The highest BCUT2D eigenvalue weighted by Gasteiger charge is 2.20. The molecule has 0 unspecified atom stereocenters. The molecule has 1 fully saturated rings. The molecule has 1 heterocycles. The van der Waals surface area contributed by atoms with Gasteiger partial charge >= 0.3 is 0 Å². The van der Waals surface area contributed by atoms with Crippen LogP contribution in [0.25, 0.3) is 0 Å². The Morgan fingerprint density at radius 1 is 1.00 bits per heavy atom. The first-order chi connectivity index (χ1) is 10.8.